The van der Waals surface area contributed by atoms with E-state index in [0.717, 1.165) is 30.9 Å². The van der Waals surface area contributed by atoms with Crippen LogP contribution in [0.5, 0.6) is 0 Å². The zero-order valence-electron chi connectivity index (χ0n) is 17.5. The summed E-state index contributed by atoms with van der Waals surface area (Å²) in [4.78, 5) is 11.0. The van der Waals surface area contributed by atoms with Crippen LogP contribution in [0.4, 0.5) is 0 Å². The molecule has 0 heterocycles. The van der Waals surface area contributed by atoms with Crippen molar-refractivity contribution in [2.45, 2.75) is 91.4 Å². The zero-order valence-corrected chi connectivity index (χ0v) is 17.5. The van der Waals surface area contributed by atoms with Gasteiger partial charge in [-0.25, -0.2) is 0 Å². The molecule has 0 amide bonds. The highest BCUT2D eigenvalue weighted by atomic mass is 16.4. The normalized spacial score (nSPS) is 45.0. The van der Waals surface area contributed by atoms with Gasteiger partial charge >= 0.3 is 5.97 Å². The summed E-state index contributed by atoms with van der Waals surface area (Å²) in [6.07, 6.45) is 12.1. The van der Waals surface area contributed by atoms with E-state index in [1.807, 2.05) is 0 Å². The molecule has 152 valence electrons. The van der Waals surface area contributed by atoms with Crippen molar-refractivity contribution in [1.29, 1.82) is 0 Å². The first-order chi connectivity index (χ1) is 12.8. The molecule has 0 unspecified atom stereocenters. The summed E-state index contributed by atoms with van der Waals surface area (Å²) in [5.41, 5.74) is 1.98. The van der Waals surface area contributed by atoms with Gasteiger partial charge in [0, 0.05) is 12.8 Å². The molecule has 4 aliphatic carbocycles. The average molecular weight is 375 g/mol. The lowest BCUT2D eigenvalue weighted by Crippen LogP contribution is -2.50. The minimum absolute atomic E-state index is 0.236. The molecule has 4 aliphatic rings. The quantitative estimate of drug-likeness (QED) is 0.603. The van der Waals surface area contributed by atoms with Gasteiger partial charge in [0.05, 0.1) is 5.76 Å². The third-order valence-electron chi connectivity index (χ3n) is 9.67. The largest absolute Gasteiger partial charge is 0.512 e. The molecule has 27 heavy (non-hydrogen) atoms. The van der Waals surface area contributed by atoms with E-state index in [-0.39, 0.29) is 5.41 Å². The summed E-state index contributed by atoms with van der Waals surface area (Å²) in [5.74, 6) is 3.30. The molecule has 4 rings (SSSR count). The van der Waals surface area contributed by atoms with Gasteiger partial charge < -0.3 is 10.2 Å². The summed E-state index contributed by atoms with van der Waals surface area (Å²) >= 11 is 0. The highest BCUT2D eigenvalue weighted by Gasteiger charge is 2.59. The van der Waals surface area contributed by atoms with E-state index in [4.69, 9.17) is 5.11 Å². The van der Waals surface area contributed by atoms with Gasteiger partial charge in [0.15, 0.2) is 0 Å². The van der Waals surface area contributed by atoms with Gasteiger partial charge in [-0.15, -0.1) is 0 Å². The number of allylic oxidation sites excluding steroid dienone is 2. The maximum atomic E-state index is 11.0. The lowest BCUT2D eigenvalue weighted by Gasteiger charge is -2.58. The van der Waals surface area contributed by atoms with Gasteiger partial charge in [0.2, 0.25) is 0 Å². The Balaban J connectivity index is 1.58. The number of aliphatic hydroxyl groups excluding tert-OH is 1. The van der Waals surface area contributed by atoms with Crippen molar-refractivity contribution in [3.8, 4) is 0 Å². The second-order valence-electron chi connectivity index (χ2n) is 10.8. The Morgan fingerprint density at radius 1 is 1.15 bits per heavy atom. The van der Waals surface area contributed by atoms with Crippen molar-refractivity contribution in [3.63, 3.8) is 0 Å². The summed E-state index contributed by atoms with van der Waals surface area (Å²) in [6.45, 7) is 7.24. The van der Waals surface area contributed by atoms with Gasteiger partial charge in [-0.05, 0) is 97.4 Å². The molecule has 3 heteroatoms. The van der Waals surface area contributed by atoms with Crippen LogP contribution in [0.2, 0.25) is 0 Å². The van der Waals surface area contributed by atoms with Crippen LogP contribution < -0.4 is 0 Å². The second-order valence-corrected chi connectivity index (χ2v) is 10.8. The predicted molar refractivity (Wildman–Crippen MR) is 107 cm³/mol. The standard InChI is InChI=1S/C24H38O3/c1-15(7-10-22(26)27)17-8-9-18-16-14-21(25)20-6-4-5-12-23(20,2)19(16)11-13-24(17,18)3/h15-19,25H,4-14H2,1-3H3,(H,26,27)/t15-,16+,17-,18+,19+,23-,24-/m1/s1. The molecule has 2 N–H and O–H groups in total. The summed E-state index contributed by atoms with van der Waals surface area (Å²) in [5, 5.41) is 20.0. The van der Waals surface area contributed by atoms with Crippen molar-refractivity contribution >= 4 is 5.97 Å². The highest BCUT2D eigenvalue weighted by molar-refractivity contribution is 5.66. The van der Waals surface area contributed by atoms with Crippen molar-refractivity contribution in [2.24, 2.45) is 40.4 Å². The fourth-order valence-corrected chi connectivity index (χ4v) is 8.35. The first kappa shape index (κ1) is 19.3. The maximum Gasteiger partial charge on any atom is 0.303 e. The van der Waals surface area contributed by atoms with Crippen LogP contribution in [-0.4, -0.2) is 16.2 Å². The van der Waals surface area contributed by atoms with Gasteiger partial charge in [0.25, 0.3) is 0 Å². The van der Waals surface area contributed by atoms with E-state index in [1.165, 1.54) is 50.5 Å². The number of rotatable bonds is 4. The molecule has 0 spiro atoms. The average Bonchev–Trinajstić information content (AvgIpc) is 2.97. The molecule has 0 aromatic heterocycles. The van der Waals surface area contributed by atoms with Crippen LogP contribution in [-0.2, 0) is 4.79 Å². The van der Waals surface area contributed by atoms with Crippen LogP contribution in [0.25, 0.3) is 0 Å². The van der Waals surface area contributed by atoms with Crippen LogP contribution >= 0.6 is 0 Å². The molecule has 0 aromatic carbocycles. The monoisotopic (exact) mass is 374 g/mol. The van der Waals surface area contributed by atoms with Gasteiger partial charge in [0.1, 0.15) is 0 Å². The van der Waals surface area contributed by atoms with E-state index < -0.39 is 5.97 Å². The van der Waals surface area contributed by atoms with Crippen LogP contribution in [0.3, 0.4) is 0 Å². The molecule has 3 nitrogen and oxygen atoms in total. The lowest BCUT2D eigenvalue weighted by atomic mass is 9.46. The number of aliphatic hydroxyl groups is 1. The fourth-order valence-electron chi connectivity index (χ4n) is 8.35. The minimum Gasteiger partial charge on any atom is -0.512 e. The van der Waals surface area contributed by atoms with Crippen molar-refractivity contribution in [3.05, 3.63) is 11.3 Å². The molecule has 3 saturated carbocycles. The van der Waals surface area contributed by atoms with Crippen molar-refractivity contribution in [2.75, 3.05) is 0 Å². The molecule has 3 fully saturated rings. The van der Waals surface area contributed by atoms with E-state index in [0.29, 0.717) is 35.5 Å². The van der Waals surface area contributed by atoms with E-state index in [9.17, 15) is 9.90 Å². The Kier molecular flexibility index (Phi) is 4.88. The number of carbonyl (C=O) groups is 1. The predicted octanol–water partition coefficient (Wildman–Crippen LogP) is 6.34. The topological polar surface area (TPSA) is 57.5 Å². The van der Waals surface area contributed by atoms with Gasteiger partial charge in [-0.1, -0.05) is 27.2 Å². The van der Waals surface area contributed by atoms with Crippen molar-refractivity contribution in [1.82, 2.24) is 0 Å². The molecule has 0 aromatic rings. The number of hydrogen-bond donors (Lipinski definition) is 2. The Labute approximate surface area is 164 Å². The Hall–Kier alpha value is -0.990. The highest BCUT2D eigenvalue weighted by Crippen LogP contribution is 2.68. The lowest BCUT2D eigenvalue weighted by molar-refractivity contribution is -0.137. The maximum absolute atomic E-state index is 11.0. The van der Waals surface area contributed by atoms with Gasteiger partial charge in [-0.3, -0.25) is 4.79 Å². The smallest absolute Gasteiger partial charge is 0.303 e. The number of carboxylic acids is 1. The number of fused-ring (bicyclic) bond motifs is 5. The molecule has 7 atom stereocenters. The number of aliphatic carboxylic acids is 1. The second kappa shape index (κ2) is 6.81. The third kappa shape index (κ3) is 2.95. The molecular formula is C24H38O3. The molecule has 0 radical (unpaired) electrons. The van der Waals surface area contributed by atoms with Gasteiger partial charge in [-0.2, -0.15) is 0 Å². The molecular weight excluding hydrogens is 336 g/mol. The van der Waals surface area contributed by atoms with Crippen LogP contribution in [0.15, 0.2) is 11.3 Å². The number of carboxylic acid groups (broad SMARTS) is 1. The summed E-state index contributed by atoms with van der Waals surface area (Å²) in [6, 6.07) is 0. The van der Waals surface area contributed by atoms with Crippen LogP contribution in [0.1, 0.15) is 91.4 Å². The molecule has 0 saturated heterocycles. The minimum atomic E-state index is -0.662. The SMILES string of the molecule is C[C@H](CCC(=O)O)[C@H]1CC[C@H]2[C@@H]3CC(O)=C4CCCC[C@]4(C)[C@H]3CC[C@]12C. The van der Waals surface area contributed by atoms with E-state index in [1.54, 1.807) is 0 Å². The Morgan fingerprint density at radius 3 is 2.67 bits per heavy atom. The Bertz CT molecular complexity index is 638. The summed E-state index contributed by atoms with van der Waals surface area (Å²) < 4.78 is 0. The number of hydrogen-bond acceptors (Lipinski definition) is 2. The first-order valence-corrected chi connectivity index (χ1v) is 11.4. The van der Waals surface area contributed by atoms with E-state index in [2.05, 4.69) is 20.8 Å². The fraction of sp³-hybridized carbons (Fsp3) is 0.875. The molecule has 0 aliphatic heterocycles. The Morgan fingerprint density at radius 2 is 1.93 bits per heavy atom. The third-order valence-corrected chi connectivity index (χ3v) is 9.67. The van der Waals surface area contributed by atoms with E-state index >= 15 is 0 Å². The van der Waals surface area contributed by atoms with Crippen LogP contribution in [0, 0.1) is 40.4 Å². The molecule has 0 bridgehead atoms. The zero-order chi connectivity index (χ0) is 19.4. The van der Waals surface area contributed by atoms with Crippen molar-refractivity contribution < 1.29 is 15.0 Å². The summed E-state index contributed by atoms with van der Waals surface area (Å²) in [7, 11) is 0. The first-order valence-electron chi connectivity index (χ1n) is 11.4.